The van der Waals surface area contributed by atoms with Crippen LogP contribution in [0, 0.1) is 5.92 Å². The van der Waals surface area contributed by atoms with Gasteiger partial charge in [0.2, 0.25) is 5.91 Å². The van der Waals surface area contributed by atoms with Gasteiger partial charge in [0.25, 0.3) is 5.91 Å². The third-order valence-corrected chi connectivity index (χ3v) is 3.11. The van der Waals surface area contributed by atoms with Crippen molar-refractivity contribution in [3.63, 3.8) is 0 Å². The molecule has 0 bridgehead atoms. The van der Waals surface area contributed by atoms with E-state index in [-0.39, 0.29) is 22.4 Å². The number of hydrogen-bond donors (Lipinski definition) is 2. The van der Waals surface area contributed by atoms with Crippen LogP contribution in [0.5, 0.6) is 0 Å². The maximum atomic E-state index is 12.2. The van der Waals surface area contributed by atoms with Crippen molar-refractivity contribution < 1.29 is 9.59 Å². The molecule has 1 aromatic rings. The van der Waals surface area contributed by atoms with E-state index in [1.54, 1.807) is 30.4 Å². The van der Waals surface area contributed by atoms with Gasteiger partial charge in [0, 0.05) is 5.92 Å². The highest BCUT2D eigenvalue weighted by Crippen LogP contribution is 2.25. The number of nitrogens with two attached hydrogens (primary N) is 1. The van der Waals surface area contributed by atoms with E-state index in [4.69, 9.17) is 17.3 Å². The predicted octanol–water partition coefficient (Wildman–Crippen LogP) is 3.15. The van der Waals surface area contributed by atoms with E-state index < -0.39 is 5.91 Å². The molecule has 1 rings (SSSR count). The van der Waals surface area contributed by atoms with Crippen molar-refractivity contribution in [2.75, 3.05) is 5.32 Å². The van der Waals surface area contributed by atoms with Gasteiger partial charge in [-0.25, -0.2) is 0 Å². The Morgan fingerprint density at radius 1 is 1.30 bits per heavy atom. The zero-order valence-corrected chi connectivity index (χ0v) is 11.8. The maximum Gasteiger partial charge on any atom is 0.252 e. The van der Waals surface area contributed by atoms with Gasteiger partial charge in [0.15, 0.2) is 0 Å². The average molecular weight is 293 g/mol. The quantitative estimate of drug-likeness (QED) is 0.758. The van der Waals surface area contributed by atoms with Gasteiger partial charge in [0.1, 0.15) is 0 Å². The van der Waals surface area contributed by atoms with E-state index in [1.807, 2.05) is 0 Å². The Kier molecular flexibility index (Phi) is 6.00. The number of benzene rings is 1. The Hall–Kier alpha value is -2.07. The van der Waals surface area contributed by atoms with Crippen molar-refractivity contribution >= 4 is 29.1 Å². The summed E-state index contributed by atoms with van der Waals surface area (Å²) in [6, 6.07) is 4.77. The lowest BCUT2D eigenvalue weighted by Gasteiger charge is -2.15. The van der Waals surface area contributed by atoms with E-state index in [2.05, 4.69) is 18.5 Å². The number of primary amides is 1. The Balaban J connectivity index is 3.00. The number of nitrogens with one attached hydrogen (secondary N) is 1. The molecule has 0 atom stereocenters. The van der Waals surface area contributed by atoms with Gasteiger partial charge in [-0.05, 0) is 25.0 Å². The van der Waals surface area contributed by atoms with Crippen molar-refractivity contribution in [1.82, 2.24) is 0 Å². The fourth-order valence-corrected chi connectivity index (χ4v) is 2.09. The second-order valence-electron chi connectivity index (χ2n) is 4.26. The van der Waals surface area contributed by atoms with Gasteiger partial charge in [-0.3, -0.25) is 9.59 Å². The van der Waals surface area contributed by atoms with Gasteiger partial charge in [-0.2, -0.15) is 0 Å². The first-order valence-electron chi connectivity index (χ1n) is 6.12. The lowest BCUT2D eigenvalue weighted by atomic mass is 10.00. The molecule has 1 aromatic carbocycles. The molecule has 0 unspecified atom stereocenters. The minimum Gasteiger partial charge on any atom is -0.365 e. The summed E-state index contributed by atoms with van der Waals surface area (Å²) in [5, 5.41) is 2.89. The van der Waals surface area contributed by atoms with E-state index in [0.29, 0.717) is 18.5 Å². The topological polar surface area (TPSA) is 72.2 Å². The van der Waals surface area contributed by atoms with Crippen molar-refractivity contribution in [2.24, 2.45) is 11.7 Å². The second-order valence-corrected chi connectivity index (χ2v) is 4.67. The van der Waals surface area contributed by atoms with Gasteiger partial charge < -0.3 is 11.1 Å². The molecule has 3 N–H and O–H groups in total. The number of rotatable bonds is 7. The smallest absolute Gasteiger partial charge is 0.252 e. The molecule has 0 saturated carbocycles. The first-order chi connectivity index (χ1) is 9.51. The van der Waals surface area contributed by atoms with Gasteiger partial charge in [-0.15, -0.1) is 13.2 Å². The largest absolute Gasteiger partial charge is 0.365 e. The molecule has 0 saturated heterocycles. The highest BCUT2D eigenvalue weighted by atomic mass is 35.5. The molecule has 0 aliphatic heterocycles. The zero-order valence-electron chi connectivity index (χ0n) is 11.1. The number of amides is 2. The van der Waals surface area contributed by atoms with Crippen molar-refractivity contribution in [3.8, 4) is 0 Å². The fourth-order valence-electron chi connectivity index (χ4n) is 1.83. The molecular weight excluding hydrogens is 276 g/mol. The molecule has 106 valence electrons. The zero-order chi connectivity index (χ0) is 15.1. The molecule has 0 aliphatic carbocycles. The summed E-state index contributed by atoms with van der Waals surface area (Å²) in [6.07, 6.45) is 4.37. The van der Waals surface area contributed by atoms with Crippen LogP contribution >= 0.6 is 11.6 Å². The third-order valence-electron chi connectivity index (χ3n) is 2.79. The summed E-state index contributed by atoms with van der Waals surface area (Å²) in [7, 11) is 0. The Labute approximate surface area is 123 Å². The summed E-state index contributed by atoms with van der Waals surface area (Å²) in [5.41, 5.74) is 5.70. The van der Waals surface area contributed by atoms with E-state index in [9.17, 15) is 9.59 Å². The van der Waals surface area contributed by atoms with Gasteiger partial charge >= 0.3 is 0 Å². The molecule has 0 fully saturated rings. The third kappa shape index (κ3) is 3.96. The van der Waals surface area contributed by atoms with Crippen molar-refractivity contribution in [2.45, 2.75) is 12.8 Å². The molecule has 20 heavy (non-hydrogen) atoms. The Morgan fingerprint density at radius 3 is 2.40 bits per heavy atom. The molecule has 0 aliphatic rings. The molecule has 2 amide bonds. The van der Waals surface area contributed by atoms with E-state index >= 15 is 0 Å². The lowest BCUT2D eigenvalue weighted by molar-refractivity contribution is -0.119. The molecule has 5 heteroatoms. The minimum absolute atomic E-state index is 0.110. The van der Waals surface area contributed by atoms with Crippen LogP contribution in [0.25, 0.3) is 0 Å². The number of anilines is 1. The SMILES string of the molecule is C=CCC(CC=C)C(=O)Nc1cccc(Cl)c1C(N)=O. The first kappa shape index (κ1) is 16.0. The van der Waals surface area contributed by atoms with Crippen LogP contribution in [0.15, 0.2) is 43.5 Å². The van der Waals surface area contributed by atoms with Gasteiger partial charge in [-0.1, -0.05) is 29.8 Å². The summed E-state index contributed by atoms with van der Waals surface area (Å²) in [5.74, 6) is -1.20. The number of hydrogen-bond acceptors (Lipinski definition) is 2. The van der Waals surface area contributed by atoms with E-state index in [1.165, 1.54) is 0 Å². The molecule has 0 spiro atoms. The highest BCUT2D eigenvalue weighted by molar-refractivity contribution is 6.34. The summed E-state index contributed by atoms with van der Waals surface area (Å²) >= 11 is 5.93. The number of carbonyl (C=O) groups is 2. The maximum absolute atomic E-state index is 12.2. The highest BCUT2D eigenvalue weighted by Gasteiger charge is 2.19. The Morgan fingerprint density at radius 2 is 1.90 bits per heavy atom. The van der Waals surface area contributed by atoms with Crippen LogP contribution in [-0.2, 0) is 4.79 Å². The number of carbonyl (C=O) groups excluding carboxylic acids is 2. The first-order valence-corrected chi connectivity index (χ1v) is 6.50. The van der Waals surface area contributed by atoms with Crippen LogP contribution < -0.4 is 11.1 Å². The van der Waals surface area contributed by atoms with Gasteiger partial charge in [0.05, 0.1) is 16.3 Å². The van der Waals surface area contributed by atoms with E-state index in [0.717, 1.165) is 0 Å². The molecule has 0 heterocycles. The standard InChI is InChI=1S/C15H17ClN2O2/c1-3-6-10(7-4-2)15(20)18-12-9-5-8-11(16)13(12)14(17)19/h3-5,8-10H,1-2,6-7H2,(H2,17,19)(H,18,20). The summed E-state index contributed by atoms with van der Waals surface area (Å²) in [6.45, 7) is 7.25. The molecular formula is C15H17ClN2O2. The number of allylic oxidation sites excluding steroid dienone is 2. The van der Waals surface area contributed by atoms with Crippen LogP contribution in [-0.4, -0.2) is 11.8 Å². The second kappa shape index (κ2) is 7.50. The number of halogens is 1. The van der Waals surface area contributed by atoms with Crippen molar-refractivity contribution in [1.29, 1.82) is 0 Å². The Bertz CT molecular complexity index is 531. The van der Waals surface area contributed by atoms with Crippen LogP contribution in [0.4, 0.5) is 5.69 Å². The lowest BCUT2D eigenvalue weighted by Crippen LogP contribution is -2.24. The van der Waals surface area contributed by atoms with Crippen LogP contribution in [0.1, 0.15) is 23.2 Å². The summed E-state index contributed by atoms with van der Waals surface area (Å²) < 4.78 is 0. The van der Waals surface area contributed by atoms with Crippen molar-refractivity contribution in [3.05, 3.63) is 54.1 Å². The average Bonchev–Trinajstić information content (AvgIpc) is 2.38. The summed E-state index contributed by atoms with van der Waals surface area (Å²) in [4.78, 5) is 23.6. The minimum atomic E-state index is -0.685. The van der Waals surface area contributed by atoms with Crippen LogP contribution in [0.3, 0.4) is 0 Å². The normalized spacial score (nSPS) is 10.1. The molecule has 0 aromatic heterocycles. The molecule has 0 radical (unpaired) electrons. The fraction of sp³-hybridized carbons (Fsp3) is 0.200. The monoisotopic (exact) mass is 292 g/mol. The predicted molar refractivity (Wildman–Crippen MR) is 81.7 cm³/mol. The molecule has 4 nitrogen and oxygen atoms in total. The van der Waals surface area contributed by atoms with Crippen LogP contribution in [0.2, 0.25) is 5.02 Å².